The van der Waals surface area contributed by atoms with Crippen molar-refractivity contribution in [2.24, 2.45) is 5.92 Å². The maximum atomic E-state index is 12.1. The van der Waals surface area contributed by atoms with Gasteiger partial charge in [0.15, 0.2) is 5.78 Å². The van der Waals surface area contributed by atoms with Gasteiger partial charge in [-0.25, -0.2) is 0 Å². The Morgan fingerprint density at radius 2 is 2.00 bits per heavy atom. The summed E-state index contributed by atoms with van der Waals surface area (Å²) in [5, 5.41) is 12.8. The Balaban J connectivity index is 1.71. The van der Waals surface area contributed by atoms with Crippen LogP contribution in [0.2, 0.25) is 0 Å². The lowest BCUT2D eigenvalue weighted by molar-refractivity contribution is -0.121. The smallest absolute Gasteiger partial charge is 0.220 e. The van der Waals surface area contributed by atoms with Gasteiger partial charge < -0.3 is 10.4 Å². The molecule has 122 valence electrons. The second kappa shape index (κ2) is 7.88. The van der Waals surface area contributed by atoms with Gasteiger partial charge in [0.25, 0.3) is 0 Å². The predicted molar refractivity (Wildman–Crippen MR) is 88.3 cm³/mol. The van der Waals surface area contributed by atoms with Crippen LogP contribution in [-0.4, -0.2) is 29.4 Å². The summed E-state index contributed by atoms with van der Waals surface area (Å²) >= 11 is 1.61. The Hall–Kier alpha value is -1.20. The molecule has 1 aromatic heterocycles. The first-order valence-electron chi connectivity index (χ1n) is 8.02. The summed E-state index contributed by atoms with van der Waals surface area (Å²) in [5.74, 6) is 0.182. The summed E-state index contributed by atoms with van der Waals surface area (Å²) in [7, 11) is 0. The van der Waals surface area contributed by atoms with E-state index in [-0.39, 0.29) is 24.5 Å². The molecule has 1 aliphatic rings. The number of carbonyl (C=O) groups is 2. The van der Waals surface area contributed by atoms with Crippen LogP contribution in [0.1, 0.15) is 58.6 Å². The zero-order chi connectivity index (χ0) is 16.1. The Labute approximate surface area is 135 Å². The van der Waals surface area contributed by atoms with E-state index in [0.29, 0.717) is 12.5 Å². The van der Waals surface area contributed by atoms with E-state index in [0.717, 1.165) is 28.2 Å². The average molecular weight is 323 g/mol. The van der Waals surface area contributed by atoms with Crippen LogP contribution in [-0.2, 0) is 4.79 Å². The topological polar surface area (TPSA) is 66.4 Å². The highest BCUT2D eigenvalue weighted by atomic mass is 32.1. The molecule has 1 amide bonds. The van der Waals surface area contributed by atoms with Gasteiger partial charge in [0.1, 0.15) is 0 Å². The highest BCUT2D eigenvalue weighted by molar-refractivity contribution is 7.12. The van der Waals surface area contributed by atoms with Gasteiger partial charge in [-0.05, 0) is 38.7 Å². The summed E-state index contributed by atoms with van der Waals surface area (Å²) in [6.07, 6.45) is 4.39. The van der Waals surface area contributed by atoms with E-state index in [1.807, 2.05) is 19.9 Å². The van der Waals surface area contributed by atoms with Crippen LogP contribution in [0.5, 0.6) is 0 Å². The second-order valence-corrected chi connectivity index (χ2v) is 7.63. The molecule has 4 nitrogen and oxygen atoms in total. The maximum Gasteiger partial charge on any atom is 0.220 e. The fraction of sp³-hybridized carbons (Fsp3) is 0.647. The van der Waals surface area contributed by atoms with Crippen molar-refractivity contribution in [2.45, 2.75) is 58.5 Å². The number of nitrogens with one attached hydrogen (secondary N) is 1. The molecule has 1 fully saturated rings. The van der Waals surface area contributed by atoms with Crippen molar-refractivity contribution in [3.05, 3.63) is 21.4 Å². The maximum absolute atomic E-state index is 12.1. The van der Waals surface area contributed by atoms with Crippen molar-refractivity contribution < 1.29 is 14.7 Å². The minimum atomic E-state index is -0.455. The van der Waals surface area contributed by atoms with Gasteiger partial charge in [-0.15, -0.1) is 11.3 Å². The predicted octanol–water partition coefficient (Wildman–Crippen LogP) is 3.00. The highest BCUT2D eigenvalue weighted by Crippen LogP contribution is 2.27. The number of ketones is 1. The molecule has 0 bridgehead atoms. The lowest BCUT2D eigenvalue weighted by Crippen LogP contribution is -2.35. The van der Waals surface area contributed by atoms with Crippen LogP contribution in [0.4, 0.5) is 0 Å². The molecule has 2 N–H and O–H groups in total. The Kier molecular flexibility index (Phi) is 6.15. The van der Waals surface area contributed by atoms with E-state index >= 15 is 0 Å². The van der Waals surface area contributed by atoms with E-state index < -0.39 is 6.10 Å². The van der Waals surface area contributed by atoms with E-state index in [9.17, 15) is 14.7 Å². The Bertz CT molecular complexity index is 532. The van der Waals surface area contributed by atoms with Crippen molar-refractivity contribution in [3.63, 3.8) is 0 Å². The molecule has 1 unspecified atom stereocenters. The fourth-order valence-electron chi connectivity index (χ4n) is 3.09. The monoisotopic (exact) mass is 323 g/mol. The SMILES string of the molecule is Cc1cc(C(=O)CCC(=O)NCC(O)C2CCCC2)c(C)s1. The molecule has 1 aromatic rings. The summed E-state index contributed by atoms with van der Waals surface area (Å²) in [6, 6.07) is 1.89. The third-order valence-electron chi connectivity index (χ3n) is 4.37. The third kappa shape index (κ3) is 4.65. The molecule has 1 saturated carbocycles. The number of Topliss-reactive ketones (excluding diaryl/α,β-unsaturated/α-hetero) is 1. The number of rotatable bonds is 7. The zero-order valence-electron chi connectivity index (χ0n) is 13.4. The molecule has 1 atom stereocenters. The molecule has 2 rings (SSSR count). The van der Waals surface area contributed by atoms with Gasteiger partial charge in [0, 0.05) is 34.7 Å². The molecule has 0 radical (unpaired) electrons. The van der Waals surface area contributed by atoms with Gasteiger partial charge in [-0.3, -0.25) is 9.59 Å². The first kappa shape index (κ1) is 17.2. The fourth-order valence-corrected chi connectivity index (χ4v) is 4.03. The second-order valence-electron chi connectivity index (χ2n) is 6.17. The molecular formula is C17H25NO3S. The van der Waals surface area contributed by atoms with Crippen LogP contribution in [0.3, 0.4) is 0 Å². The number of thiophene rings is 1. The standard InChI is InChI=1S/C17H25NO3S/c1-11-9-14(12(2)22-11)15(19)7-8-17(21)18-10-16(20)13-5-3-4-6-13/h9,13,16,20H,3-8,10H2,1-2H3,(H,18,21). The molecule has 0 aliphatic heterocycles. The molecule has 22 heavy (non-hydrogen) atoms. The van der Waals surface area contributed by atoms with Gasteiger partial charge in [0.05, 0.1) is 6.10 Å². The van der Waals surface area contributed by atoms with E-state index in [1.54, 1.807) is 11.3 Å². The first-order chi connectivity index (χ1) is 10.5. The van der Waals surface area contributed by atoms with Gasteiger partial charge >= 0.3 is 0 Å². The van der Waals surface area contributed by atoms with Crippen LogP contribution in [0, 0.1) is 19.8 Å². The highest BCUT2D eigenvalue weighted by Gasteiger charge is 2.23. The number of carbonyl (C=O) groups excluding carboxylic acids is 2. The molecule has 0 spiro atoms. The van der Waals surface area contributed by atoms with Crippen molar-refractivity contribution in [3.8, 4) is 0 Å². The summed E-state index contributed by atoms with van der Waals surface area (Å²) in [5.41, 5.74) is 0.737. The number of hydrogen-bond acceptors (Lipinski definition) is 4. The number of hydrogen-bond donors (Lipinski definition) is 2. The number of aryl methyl sites for hydroxylation is 2. The normalized spacial score (nSPS) is 16.7. The lowest BCUT2D eigenvalue weighted by atomic mass is 10.0. The quantitative estimate of drug-likeness (QED) is 0.758. The number of aliphatic hydroxyl groups is 1. The lowest BCUT2D eigenvalue weighted by Gasteiger charge is -2.17. The van der Waals surface area contributed by atoms with Crippen molar-refractivity contribution in [1.82, 2.24) is 5.32 Å². The van der Waals surface area contributed by atoms with Crippen LogP contribution >= 0.6 is 11.3 Å². The van der Waals surface area contributed by atoms with Gasteiger partial charge in [-0.1, -0.05) is 12.8 Å². The molecule has 5 heteroatoms. The van der Waals surface area contributed by atoms with Gasteiger partial charge in [0.2, 0.25) is 5.91 Å². The third-order valence-corrected chi connectivity index (χ3v) is 5.34. The minimum absolute atomic E-state index is 0.0216. The van der Waals surface area contributed by atoms with Crippen LogP contribution < -0.4 is 5.32 Å². The Morgan fingerprint density at radius 3 is 2.59 bits per heavy atom. The van der Waals surface area contributed by atoms with E-state index in [4.69, 9.17) is 0 Å². The summed E-state index contributed by atoms with van der Waals surface area (Å²) < 4.78 is 0. The number of aliphatic hydroxyl groups excluding tert-OH is 1. The minimum Gasteiger partial charge on any atom is -0.391 e. The summed E-state index contributed by atoms with van der Waals surface area (Å²) in [4.78, 5) is 26.1. The van der Waals surface area contributed by atoms with Crippen molar-refractivity contribution >= 4 is 23.0 Å². The molecule has 0 aromatic carbocycles. The van der Waals surface area contributed by atoms with E-state index in [2.05, 4.69) is 5.32 Å². The Morgan fingerprint density at radius 1 is 1.32 bits per heavy atom. The van der Waals surface area contributed by atoms with Crippen molar-refractivity contribution in [2.75, 3.05) is 6.54 Å². The van der Waals surface area contributed by atoms with E-state index in [1.165, 1.54) is 12.8 Å². The molecule has 1 aliphatic carbocycles. The average Bonchev–Trinajstić information content (AvgIpc) is 3.11. The zero-order valence-corrected chi connectivity index (χ0v) is 14.2. The largest absolute Gasteiger partial charge is 0.391 e. The first-order valence-corrected chi connectivity index (χ1v) is 8.84. The number of amides is 1. The summed E-state index contributed by atoms with van der Waals surface area (Å²) in [6.45, 7) is 4.21. The van der Waals surface area contributed by atoms with Gasteiger partial charge in [-0.2, -0.15) is 0 Å². The molecule has 1 heterocycles. The van der Waals surface area contributed by atoms with Crippen LogP contribution in [0.25, 0.3) is 0 Å². The molecular weight excluding hydrogens is 298 g/mol. The van der Waals surface area contributed by atoms with Crippen LogP contribution in [0.15, 0.2) is 6.07 Å². The molecule has 0 saturated heterocycles. The van der Waals surface area contributed by atoms with Crippen molar-refractivity contribution in [1.29, 1.82) is 0 Å².